The molecule has 6 heterocycles. The molecule has 3 fully saturated rings. The first-order valence-electron chi connectivity index (χ1n) is 23.1. The lowest BCUT2D eigenvalue weighted by atomic mass is 10.0. The Morgan fingerprint density at radius 3 is 2.38 bits per heavy atom. The van der Waals surface area contributed by atoms with Gasteiger partial charge in [0.15, 0.2) is 5.65 Å². The van der Waals surface area contributed by atoms with Crippen LogP contribution in [0, 0.1) is 0 Å². The number of thioether (sulfide) groups is 1. The number of hydrogen-bond acceptors (Lipinski definition) is 15. The largest absolute Gasteiger partial charge is 0.457 e. The number of carbonyl (C=O) groups is 5. The summed E-state index contributed by atoms with van der Waals surface area (Å²) in [5.41, 5.74) is 9.18. The van der Waals surface area contributed by atoms with Crippen molar-refractivity contribution >= 4 is 58.1 Å². The van der Waals surface area contributed by atoms with Crippen LogP contribution in [0.5, 0.6) is 11.5 Å². The highest BCUT2D eigenvalue weighted by Gasteiger charge is 2.45. The number of imide groups is 2. The van der Waals surface area contributed by atoms with Crippen molar-refractivity contribution in [1.82, 2.24) is 44.7 Å². The summed E-state index contributed by atoms with van der Waals surface area (Å²) in [5, 5.41) is 7.95. The molecule has 4 aliphatic rings. The van der Waals surface area contributed by atoms with E-state index in [-0.39, 0.29) is 30.4 Å². The quantitative estimate of drug-likeness (QED) is 0.0539. The SMILES string of the molecule is Nc1ncnc2c1c(-c1ccc(Oc3ccccc3)cc1)nn2[C@@H]1CCCN(C(=O)/C=C/CN2CCN(CCOCCOCCSc3cccc4c3C(=O)N(C3CCC(=O)NC3=O)C4=O)CC2)C1. The topological polar surface area (TPSA) is 208 Å². The van der Waals surface area contributed by atoms with Gasteiger partial charge in [-0.3, -0.25) is 44.0 Å². The van der Waals surface area contributed by atoms with E-state index in [4.69, 9.17) is 25.0 Å². The highest BCUT2D eigenvalue weighted by atomic mass is 32.2. The van der Waals surface area contributed by atoms with Crippen LogP contribution in [0.3, 0.4) is 0 Å². The third-order valence-corrected chi connectivity index (χ3v) is 13.6. The number of likely N-dealkylation sites (tertiary alicyclic amines) is 1. The van der Waals surface area contributed by atoms with Gasteiger partial charge >= 0.3 is 0 Å². The van der Waals surface area contributed by atoms with E-state index < -0.39 is 29.7 Å². The van der Waals surface area contributed by atoms with Gasteiger partial charge in [0.05, 0.1) is 49.0 Å². The molecule has 19 heteroatoms. The van der Waals surface area contributed by atoms with Gasteiger partial charge in [0, 0.05) is 81.1 Å². The third-order valence-electron chi connectivity index (χ3n) is 12.6. The first-order chi connectivity index (χ1) is 33.2. The van der Waals surface area contributed by atoms with Crippen molar-refractivity contribution < 1.29 is 38.2 Å². The van der Waals surface area contributed by atoms with E-state index in [1.807, 2.05) is 70.3 Å². The molecule has 0 aliphatic carbocycles. The highest BCUT2D eigenvalue weighted by molar-refractivity contribution is 7.99. The molecule has 9 rings (SSSR count). The van der Waals surface area contributed by atoms with Crippen LogP contribution in [0.4, 0.5) is 5.82 Å². The molecular formula is C49H54N10O8S. The van der Waals surface area contributed by atoms with Crippen molar-refractivity contribution in [3.05, 3.63) is 102 Å². The Morgan fingerprint density at radius 2 is 1.59 bits per heavy atom. The predicted molar refractivity (Wildman–Crippen MR) is 254 cm³/mol. The molecule has 0 radical (unpaired) electrons. The van der Waals surface area contributed by atoms with Crippen LogP contribution in [0.2, 0.25) is 0 Å². The van der Waals surface area contributed by atoms with Crippen LogP contribution < -0.4 is 15.8 Å². The number of benzene rings is 3. The maximum atomic E-state index is 13.5. The summed E-state index contributed by atoms with van der Waals surface area (Å²) in [6, 6.07) is 21.4. The van der Waals surface area contributed by atoms with Gasteiger partial charge in [-0.2, -0.15) is 5.10 Å². The van der Waals surface area contributed by atoms with Crippen molar-refractivity contribution in [3.8, 4) is 22.8 Å². The first kappa shape index (κ1) is 46.6. The summed E-state index contributed by atoms with van der Waals surface area (Å²) in [6.07, 6.45) is 7.01. The van der Waals surface area contributed by atoms with Gasteiger partial charge in [-0.1, -0.05) is 30.3 Å². The van der Waals surface area contributed by atoms with Crippen LogP contribution in [0.25, 0.3) is 22.3 Å². The second kappa shape index (κ2) is 21.6. The Balaban J connectivity index is 0.662. The molecule has 68 heavy (non-hydrogen) atoms. The average molecular weight is 943 g/mol. The van der Waals surface area contributed by atoms with E-state index in [9.17, 15) is 24.0 Å². The number of nitrogens with two attached hydrogens (primary N) is 1. The van der Waals surface area contributed by atoms with Crippen molar-refractivity contribution in [2.24, 2.45) is 0 Å². The smallest absolute Gasteiger partial charge is 0.263 e. The Morgan fingerprint density at radius 1 is 0.824 bits per heavy atom. The molecule has 3 saturated heterocycles. The van der Waals surface area contributed by atoms with Crippen molar-refractivity contribution in [2.75, 3.05) is 90.3 Å². The monoisotopic (exact) mass is 942 g/mol. The number of rotatable bonds is 18. The van der Waals surface area contributed by atoms with Crippen LogP contribution in [-0.4, -0.2) is 159 Å². The molecule has 2 atom stereocenters. The van der Waals surface area contributed by atoms with Gasteiger partial charge in [0.25, 0.3) is 11.8 Å². The number of hydrogen-bond donors (Lipinski definition) is 2. The average Bonchev–Trinajstić information content (AvgIpc) is 3.87. The number of anilines is 1. The fraction of sp³-hybridized carbons (Fsp3) is 0.388. The number of nitrogens with one attached hydrogen (secondary N) is 1. The van der Waals surface area contributed by atoms with Crippen molar-refractivity contribution in [3.63, 3.8) is 0 Å². The maximum Gasteiger partial charge on any atom is 0.263 e. The number of para-hydroxylation sites is 1. The molecule has 3 N–H and O–H groups in total. The fourth-order valence-electron chi connectivity index (χ4n) is 9.05. The molecule has 0 spiro atoms. The Kier molecular flexibility index (Phi) is 14.8. The highest BCUT2D eigenvalue weighted by Crippen LogP contribution is 2.36. The number of nitrogens with zero attached hydrogens (tertiary/aromatic N) is 8. The Bertz CT molecular complexity index is 2670. The summed E-state index contributed by atoms with van der Waals surface area (Å²) in [5.74, 6) is 0.293. The predicted octanol–water partition coefficient (Wildman–Crippen LogP) is 4.43. The van der Waals surface area contributed by atoms with Crippen LogP contribution in [0.15, 0.2) is 96.2 Å². The van der Waals surface area contributed by atoms with E-state index >= 15 is 0 Å². The minimum Gasteiger partial charge on any atom is -0.457 e. The van der Waals surface area contributed by atoms with Crippen LogP contribution in [0.1, 0.15) is 52.4 Å². The van der Waals surface area contributed by atoms with E-state index in [1.54, 1.807) is 24.3 Å². The normalized spacial score (nSPS) is 19.3. The van der Waals surface area contributed by atoms with Crippen molar-refractivity contribution in [2.45, 2.75) is 42.7 Å². The fourth-order valence-corrected chi connectivity index (χ4v) is 9.98. The zero-order valence-corrected chi connectivity index (χ0v) is 38.5. The molecule has 2 aromatic heterocycles. The zero-order chi connectivity index (χ0) is 47.0. The second-order valence-corrected chi connectivity index (χ2v) is 18.2. The molecule has 5 aromatic rings. The molecule has 1 unspecified atom stereocenters. The van der Waals surface area contributed by atoms with Gasteiger partial charge < -0.3 is 24.8 Å². The molecule has 18 nitrogen and oxygen atoms in total. The summed E-state index contributed by atoms with van der Waals surface area (Å²) in [7, 11) is 0. The van der Waals surface area contributed by atoms with E-state index in [0.717, 1.165) is 61.8 Å². The minimum atomic E-state index is -0.997. The van der Waals surface area contributed by atoms with E-state index in [0.29, 0.717) is 90.6 Å². The number of aromatic nitrogens is 4. The lowest BCUT2D eigenvalue weighted by Crippen LogP contribution is -2.54. The Hall–Kier alpha value is -6.51. The Labute approximate surface area is 397 Å². The number of ether oxygens (including phenoxy) is 3. The molecular weight excluding hydrogens is 889 g/mol. The number of fused-ring (bicyclic) bond motifs is 2. The molecule has 0 saturated carbocycles. The van der Waals surface area contributed by atoms with Gasteiger partial charge in [-0.15, -0.1) is 11.8 Å². The summed E-state index contributed by atoms with van der Waals surface area (Å²) >= 11 is 1.42. The number of piperidine rings is 2. The van der Waals surface area contributed by atoms with Crippen molar-refractivity contribution in [1.29, 1.82) is 0 Å². The second-order valence-electron chi connectivity index (χ2n) is 17.0. The van der Waals surface area contributed by atoms with E-state index in [1.165, 1.54) is 18.1 Å². The first-order valence-corrected chi connectivity index (χ1v) is 24.1. The van der Waals surface area contributed by atoms with Gasteiger partial charge in [-0.25, -0.2) is 14.6 Å². The number of carbonyl (C=O) groups excluding carboxylic acids is 5. The third kappa shape index (κ3) is 10.6. The minimum absolute atomic E-state index is 0.0123. The summed E-state index contributed by atoms with van der Waals surface area (Å²) in [4.78, 5) is 81.0. The molecule has 3 aromatic carbocycles. The zero-order valence-electron chi connectivity index (χ0n) is 37.7. The lowest BCUT2D eigenvalue weighted by Gasteiger charge is -2.34. The lowest BCUT2D eigenvalue weighted by molar-refractivity contribution is -0.136. The molecule has 5 amide bonds. The van der Waals surface area contributed by atoms with Crippen LogP contribution in [-0.2, 0) is 23.9 Å². The number of piperazine rings is 1. The van der Waals surface area contributed by atoms with Gasteiger partial charge in [-0.05, 0) is 67.8 Å². The van der Waals surface area contributed by atoms with Crippen LogP contribution >= 0.6 is 11.8 Å². The maximum absolute atomic E-state index is 13.5. The number of amides is 5. The van der Waals surface area contributed by atoms with Gasteiger partial charge in [0.1, 0.15) is 35.4 Å². The summed E-state index contributed by atoms with van der Waals surface area (Å²) < 4.78 is 19.5. The molecule has 4 aliphatic heterocycles. The molecule has 0 bridgehead atoms. The summed E-state index contributed by atoms with van der Waals surface area (Å²) in [6.45, 7) is 8.22. The van der Waals surface area contributed by atoms with E-state index in [2.05, 4.69) is 25.1 Å². The standard InChI is InChI=1S/C49H54N10O8S/c50-45-43-44(33-13-15-36(16-14-33)67-35-8-2-1-3-9-35)54-59(46(43)52-32-51-45)34-7-5-20-57(31-34)41(61)12-6-19-55-21-23-56(24-22-55)25-26-65-27-28-66-29-30-68-39-11-4-10-37-42(39)49(64)58(48(37)63)38-17-18-40(60)53-47(38)62/h1-4,6,8-16,32,34,38H,5,7,17-31H2,(H2,50,51,52)(H,53,60,62)/b12-6+/t34-,38?/m1/s1. The molecule has 354 valence electrons. The number of nitrogen functional groups attached to an aromatic ring is 1. The van der Waals surface area contributed by atoms with Gasteiger partial charge in [0.2, 0.25) is 17.7 Å².